The van der Waals surface area contributed by atoms with Crippen molar-refractivity contribution in [2.24, 2.45) is 0 Å². The van der Waals surface area contributed by atoms with Gasteiger partial charge in [0.25, 0.3) is 0 Å². The highest BCUT2D eigenvalue weighted by Crippen LogP contribution is 2.36. The van der Waals surface area contributed by atoms with E-state index in [2.05, 4.69) is 4.98 Å². The number of aromatic nitrogens is 1. The van der Waals surface area contributed by atoms with Crippen molar-refractivity contribution in [1.29, 1.82) is 0 Å². The van der Waals surface area contributed by atoms with Crippen LogP contribution in [0.1, 0.15) is 19.5 Å². The Labute approximate surface area is 133 Å². The van der Waals surface area contributed by atoms with Gasteiger partial charge in [-0.15, -0.1) is 11.8 Å². The Hall–Kier alpha value is -1.95. The number of hydrogen-bond acceptors (Lipinski definition) is 5. The summed E-state index contributed by atoms with van der Waals surface area (Å²) >= 11 is 1.28. The Bertz CT molecular complexity index is 687. The summed E-state index contributed by atoms with van der Waals surface area (Å²) < 4.78 is 11.2. The van der Waals surface area contributed by atoms with Gasteiger partial charge in [0.05, 0.1) is 24.5 Å². The lowest BCUT2D eigenvalue weighted by Gasteiger charge is -2.14. The third kappa shape index (κ3) is 3.82. The van der Waals surface area contributed by atoms with E-state index in [0.29, 0.717) is 24.7 Å². The third-order valence-corrected chi connectivity index (χ3v) is 3.96. The van der Waals surface area contributed by atoms with Crippen LogP contribution in [0.5, 0.6) is 11.5 Å². The number of hydrogen-bond donors (Lipinski definition) is 1. The maximum Gasteiger partial charge on any atom is 0.313 e. The van der Waals surface area contributed by atoms with Crippen LogP contribution in [-0.2, 0) is 4.79 Å². The molecule has 2 aromatic rings. The molecule has 0 amide bonds. The van der Waals surface area contributed by atoms with E-state index in [9.17, 15) is 4.79 Å². The molecule has 0 atom stereocenters. The zero-order chi connectivity index (χ0) is 16.1. The van der Waals surface area contributed by atoms with Gasteiger partial charge in [-0.2, -0.15) is 0 Å². The molecule has 22 heavy (non-hydrogen) atoms. The number of carboxylic acid groups (broad SMARTS) is 1. The lowest BCUT2D eigenvalue weighted by atomic mass is 10.2. The highest BCUT2D eigenvalue weighted by molar-refractivity contribution is 8.00. The number of pyridine rings is 1. The molecule has 0 fully saturated rings. The van der Waals surface area contributed by atoms with E-state index in [-0.39, 0.29) is 5.75 Å². The second kappa shape index (κ2) is 7.35. The molecular weight excluding hydrogens is 302 g/mol. The van der Waals surface area contributed by atoms with Crippen molar-refractivity contribution in [2.75, 3.05) is 19.0 Å². The van der Waals surface area contributed by atoms with Gasteiger partial charge >= 0.3 is 5.97 Å². The number of aryl methyl sites for hydroxylation is 1. The molecule has 6 heteroatoms. The van der Waals surface area contributed by atoms with Crippen molar-refractivity contribution in [3.05, 3.63) is 23.9 Å². The van der Waals surface area contributed by atoms with Crippen LogP contribution in [0.4, 0.5) is 0 Å². The number of aliphatic carboxylic acids is 1. The molecule has 0 bridgehead atoms. The average molecular weight is 321 g/mol. The molecule has 0 aliphatic carbocycles. The van der Waals surface area contributed by atoms with E-state index in [1.54, 1.807) is 0 Å². The van der Waals surface area contributed by atoms with E-state index in [4.69, 9.17) is 14.6 Å². The summed E-state index contributed by atoms with van der Waals surface area (Å²) in [6.45, 7) is 6.78. The predicted molar refractivity (Wildman–Crippen MR) is 87.2 cm³/mol. The molecule has 0 aliphatic rings. The van der Waals surface area contributed by atoms with Gasteiger partial charge in [-0.3, -0.25) is 9.78 Å². The lowest BCUT2D eigenvalue weighted by molar-refractivity contribution is -0.133. The molecule has 2 rings (SSSR count). The molecule has 5 nitrogen and oxygen atoms in total. The normalized spacial score (nSPS) is 10.7. The predicted octanol–water partition coefficient (Wildman–Crippen LogP) is 3.52. The summed E-state index contributed by atoms with van der Waals surface area (Å²) in [5.74, 6) is 0.475. The third-order valence-electron chi connectivity index (χ3n) is 2.92. The van der Waals surface area contributed by atoms with Crippen LogP contribution in [-0.4, -0.2) is 35.0 Å². The molecule has 1 N–H and O–H groups in total. The highest BCUT2D eigenvalue weighted by atomic mass is 32.2. The maximum atomic E-state index is 10.8. The van der Waals surface area contributed by atoms with Gasteiger partial charge in [-0.1, -0.05) is 0 Å². The van der Waals surface area contributed by atoms with Crippen molar-refractivity contribution in [1.82, 2.24) is 4.98 Å². The van der Waals surface area contributed by atoms with Gasteiger partial charge in [0, 0.05) is 22.0 Å². The quantitative estimate of drug-likeness (QED) is 0.787. The fraction of sp³-hybridized carbons (Fsp3) is 0.375. The Balaban J connectivity index is 2.55. The summed E-state index contributed by atoms with van der Waals surface area (Å²) in [5, 5.41) is 9.77. The summed E-state index contributed by atoms with van der Waals surface area (Å²) in [4.78, 5) is 16.2. The second-order valence-electron chi connectivity index (χ2n) is 4.63. The van der Waals surface area contributed by atoms with Crippen molar-refractivity contribution in [2.45, 2.75) is 25.7 Å². The smallest absolute Gasteiger partial charge is 0.313 e. The monoisotopic (exact) mass is 321 g/mol. The van der Waals surface area contributed by atoms with Gasteiger partial charge in [0.2, 0.25) is 0 Å². The molecule has 0 saturated heterocycles. The second-order valence-corrected chi connectivity index (χ2v) is 5.64. The number of carbonyl (C=O) groups is 1. The van der Waals surface area contributed by atoms with Crippen LogP contribution >= 0.6 is 11.8 Å². The van der Waals surface area contributed by atoms with Crippen LogP contribution < -0.4 is 9.47 Å². The minimum Gasteiger partial charge on any atom is -0.490 e. The van der Waals surface area contributed by atoms with E-state index in [1.165, 1.54) is 11.8 Å². The first-order valence-corrected chi connectivity index (χ1v) is 8.09. The first kappa shape index (κ1) is 16.4. The summed E-state index contributed by atoms with van der Waals surface area (Å²) in [6.07, 6.45) is 0. The first-order chi connectivity index (χ1) is 10.5. The topological polar surface area (TPSA) is 68.7 Å². The fourth-order valence-electron chi connectivity index (χ4n) is 2.12. The molecule has 0 radical (unpaired) electrons. The van der Waals surface area contributed by atoms with E-state index < -0.39 is 5.97 Å². The highest BCUT2D eigenvalue weighted by Gasteiger charge is 2.13. The number of rotatable bonds is 7. The number of benzene rings is 1. The van der Waals surface area contributed by atoms with Crippen molar-refractivity contribution in [3.8, 4) is 11.5 Å². The van der Waals surface area contributed by atoms with E-state index >= 15 is 0 Å². The molecule has 0 spiro atoms. The minimum absolute atomic E-state index is 0.00966. The first-order valence-electron chi connectivity index (χ1n) is 7.10. The molecule has 1 heterocycles. The van der Waals surface area contributed by atoms with Crippen molar-refractivity contribution >= 4 is 28.6 Å². The zero-order valence-corrected chi connectivity index (χ0v) is 13.7. The number of nitrogens with zero attached hydrogens (tertiary/aromatic N) is 1. The van der Waals surface area contributed by atoms with Crippen molar-refractivity contribution in [3.63, 3.8) is 0 Å². The molecule has 1 aromatic heterocycles. The summed E-state index contributed by atoms with van der Waals surface area (Å²) in [6, 6.07) is 5.62. The average Bonchev–Trinajstić information content (AvgIpc) is 2.46. The van der Waals surface area contributed by atoms with Gasteiger partial charge in [0.1, 0.15) is 0 Å². The Morgan fingerprint density at radius 2 is 1.82 bits per heavy atom. The molecule has 0 saturated carbocycles. The maximum absolute atomic E-state index is 10.8. The SMILES string of the molecule is CCOc1cc2nc(C)cc(SCC(=O)O)c2cc1OCC. The van der Waals surface area contributed by atoms with Crippen LogP contribution in [0.3, 0.4) is 0 Å². The molecule has 0 unspecified atom stereocenters. The number of ether oxygens (including phenoxy) is 2. The Kier molecular flexibility index (Phi) is 5.49. The number of fused-ring (bicyclic) bond motifs is 1. The summed E-state index contributed by atoms with van der Waals surface area (Å²) in [5.41, 5.74) is 1.62. The van der Waals surface area contributed by atoms with Gasteiger partial charge in [-0.25, -0.2) is 0 Å². The van der Waals surface area contributed by atoms with Crippen LogP contribution in [0.15, 0.2) is 23.1 Å². The fourth-order valence-corrected chi connectivity index (χ4v) is 2.98. The van der Waals surface area contributed by atoms with Gasteiger partial charge < -0.3 is 14.6 Å². The number of carboxylic acids is 1. The van der Waals surface area contributed by atoms with Gasteiger partial charge in [-0.05, 0) is 32.9 Å². The Morgan fingerprint density at radius 3 is 2.41 bits per heavy atom. The summed E-state index contributed by atoms with van der Waals surface area (Å²) in [7, 11) is 0. The van der Waals surface area contributed by atoms with E-state index in [0.717, 1.165) is 21.5 Å². The lowest BCUT2D eigenvalue weighted by Crippen LogP contribution is -2.01. The van der Waals surface area contributed by atoms with Crippen LogP contribution in [0.25, 0.3) is 10.9 Å². The van der Waals surface area contributed by atoms with E-state index in [1.807, 2.05) is 39.0 Å². The Morgan fingerprint density at radius 1 is 1.18 bits per heavy atom. The molecule has 0 aliphatic heterocycles. The largest absolute Gasteiger partial charge is 0.490 e. The van der Waals surface area contributed by atoms with Crippen molar-refractivity contribution < 1.29 is 19.4 Å². The molecule has 1 aromatic carbocycles. The molecule has 118 valence electrons. The van der Waals surface area contributed by atoms with Crippen LogP contribution in [0.2, 0.25) is 0 Å². The molecular formula is C16H19NO4S. The minimum atomic E-state index is -0.844. The van der Waals surface area contributed by atoms with Gasteiger partial charge in [0.15, 0.2) is 11.5 Å². The zero-order valence-electron chi connectivity index (χ0n) is 12.9. The van der Waals surface area contributed by atoms with Crippen LogP contribution in [0, 0.1) is 6.92 Å². The number of thioether (sulfide) groups is 1. The standard InChI is InChI=1S/C16H19NO4S/c1-4-20-13-7-11-12(8-14(13)21-5-2)17-10(3)6-15(11)22-9-16(18)19/h6-8H,4-5,9H2,1-3H3,(H,18,19).